The lowest BCUT2D eigenvalue weighted by Gasteiger charge is -2.35. The van der Waals surface area contributed by atoms with Crippen molar-refractivity contribution in [3.05, 3.63) is 17.7 Å². The Morgan fingerprint density at radius 1 is 1.12 bits per heavy atom. The molecule has 0 N–H and O–H groups in total. The van der Waals surface area contributed by atoms with Crippen molar-refractivity contribution in [2.45, 2.75) is 58.4 Å². The Bertz CT molecular complexity index is 594. The zero-order valence-corrected chi connectivity index (χ0v) is 15.5. The summed E-state index contributed by atoms with van der Waals surface area (Å²) in [4.78, 5) is 19.5. The minimum absolute atomic E-state index is 0.199. The molecule has 3 fully saturated rings. The number of aromatic nitrogens is 2. The van der Waals surface area contributed by atoms with Crippen molar-refractivity contribution in [1.29, 1.82) is 0 Å². The highest BCUT2D eigenvalue weighted by molar-refractivity contribution is 5.79. The minimum atomic E-state index is 0.199. The third-order valence-corrected chi connectivity index (χ3v) is 6.24. The number of aryl methyl sites for hydroxylation is 1. The van der Waals surface area contributed by atoms with E-state index in [1.165, 1.54) is 24.4 Å². The molecular weight excluding hydrogens is 314 g/mol. The Kier molecular flexibility index (Phi) is 5.11. The van der Waals surface area contributed by atoms with Gasteiger partial charge >= 0.3 is 0 Å². The predicted molar refractivity (Wildman–Crippen MR) is 96.2 cm³/mol. The quantitative estimate of drug-likeness (QED) is 0.824. The molecule has 5 nitrogen and oxygen atoms in total. The van der Waals surface area contributed by atoms with Crippen molar-refractivity contribution >= 4 is 5.91 Å². The van der Waals surface area contributed by atoms with E-state index in [2.05, 4.69) is 21.4 Å². The van der Waals surface area contributed by atoms with Crippen LogP contribution in [0.3, 0.4) is 0 Å². The molecule has 0 atom stereocenters. The van der Waals surface area contributed by atoms with E-state index < -0.39 is 0 Å². The molecule has 138 valence electrons. The lowest BCUT2D eigenvalue weighted by Crippen LogP contribution is -2.43. The average Bonchev–Trinajstić information content (AvgIpc) is 3.42. The first kappa shape index (κ1) is 17.1. The summed E-state index contributed by atoms with van der Waals surface area (Å²) in [6.45, 7) is 6.66. The van der Waals surface area contributed by atoms with E-state index in [9.17, 15) is 4.79 Å². The average molecular weight is 345 g/mol. The molecule has 0 spiro atoms. The van der Waals surface area contributed by atoms with Crippen LogP contribution in [0.15, 0.2) is 6.20 Å². The summed E-state index contributed by atoms with van der Waals surface area (Å²) in [6, 6.07) is 0. The molecule has 3 aliphatic rings. The van der Waals surface area contributed by atoms with Gasteiger partial charge in [0.15, 0.2) is 0 Å². The number of carbonyl (C=O) groups is 1. The highest BCUT2D eigenvalue weighted by Crippen LogP contribution is 2.32. The summed E-state index contributed by atoms with van der Waals surface area (Å²) in [5.74, 6) is 3.38. The monoisotopic (exact) mass is 345 g/mol. The van der Waals surface area contributed by atoms with Crippen molar-refractivity contribution < 1.29 is 9.53 Å². The van der Waals surface area contributed by atoms with E-state index in [1.807, 2.05) is 6.20 Å². The maximum absolute atomic E-state index is 12.7. The number of carbonyl (C=O) groups excluding carboxylic acids is 1. The van der Waals surface area contributed by atoms with Crippen LogP contribution in [0, 0.1) is 24.7 Å². The molecule has 1 aromatic rings. The number of hydrogen-bond donors (Lipinski definition) is 0. The molecule has 2 aliphatic heterocycles. The molecule has 0 unspecified atom stereocenters. The second kappa shape index (κ2) is 7.48. The van der Waals surface area contributed by atoms with Gasteiger partial charge in [-0.1, -0.05) is 0 Å². The maximum Gasteiger partial charge on any atom is 0.225 e. The van der Waals surface area contributed by atoms with E-state index >= 15 is 0 Å². The molecule has 0 bridgehead atoms. The van der Waals surface area contributed by atoms with Crippen molar-refractivity contribution in [3.8, 4) is 0 Å². The number of rotatable bonds is 5. The Morgan fingerprint density at radius 2 is 1.84 bits per heavy atom. The van der Waals surface area contributed by atoms with Gasteiger partial charge in [-0.2, -0.15) is 0 Å². The molecule has 5 heteroatoms. The van der Waals surface area contributed by atoms with Crippen molar-refractivity contribution in [2.24, 2.45) is 17.8 Å². The maximum atomic E-state index is 12.7. The number of imidazole rings is 1. The zero-order chi connectivity index (χ0) is 17.2. The molecule has 25 heavy (non-hydrogen) atoms. The first-order chi connectivity index (χ1) is 12.2. The second-order valence-corrected chi connectivity index (χ2v) is 8.23. The second-order valence-electron chi connectivity index (χ2n) is 8.23. The number of hydrogen-bond acceptors (Lipinski definition) is 3. The lowest BCUT2D eigenvalue weighted by molar-refractivity contribution is -0.139. The van der Waals surface area contributed by atoms with E-state index in [4.69, 9.17) is 4.74 Å². The van der Waals surface area contributed by atoms with Crippen LogP contribution in [0.2, 0.25) is 0 Å². The van der Waals surface area contributed by atoms with Gasteiger partial charge in [-0.25, -0.2) is 4.98 Å². The third kappa shape index (κ3) is 4.08. The van der Waals surface area contributed by atoms with Crippen LogP contribution in [0.25, 0.3) is 0 Å². The predicted octanol–water partition coefficient (Wildman–Crippen LogP) is 2.81. The van der Waals surface area contributed by atoms with Gasteiger partial charge in [0.2, 0.25) is 5.91 Å². The zero-order valence-electron chi connectivity index (χ0n) is 15.5. The minimum Gasteiger partial charge on any atom is -0.381 e. The van der Waals surface area contributed by atoms with Gasteiger partial charge in [0, 0.05) is 57.1 Å². The van der Waals surface area contributed by atoms with Crippen LogP contribution in [0.4, 0.5) is 0 Å². The molecular formula is C20H31N3O2. The van der Waals surface area contributed by atoms with Crippen molar-refractivity contribution in [3.63, 3.8) is 0 Å². The number of piperidine rings is 1. The molecule has 1 amide bonds. The van der Waals surface area contributed by atoms with Gasteiger partial charge in [0.05, 0.1) is 0 Å². The Hall–Kier alpha value is -1.36. The van der Waals surface area contributed by atoms with Gasteiger partial charge in [0.25, 0.3) is 0 Å². The van der Waals surface area contributed by atoms with Crippen LogP contribution in [-0.4, -0.2) is 46.7 Å². The van der Waals surface area contributed by atoms with Crippen LogP contribution < -0.4 is 0 Å². The van der Waals surface area contributed by atoms with Gasteiger partial charge in [-0.05, 0) is 57.3 Å². The molecule has 0 radical (unpaired) electrons. The molecule has 1 aromatic heterocycles. The molecule has 2 saturated heterocycles. The fourth-order valence-electron chi connectivity index (χ4n) is 4.30. The van der Waals surface area contributed by atoms with E-state index in [0.717, 1.165) is 70.9 Å². The number of likely N-dealkylation sites (tertiary alicyclic amines) is 1. The van der Waals surface area contributed by atoms with Crippen molar-refractivity contribution in [2.75, 3.05) is 26.3 Å². The van der Waals surface area contributed by atoms with Gasteiger partial charge in [-0.3, -0.25) is 4.79 Å². The highest BCUT2D eigenvalue weighted by Gasteiger charge is 2.30. The van der Waals surface area contributed by atoms with Crippen LogP contribution >= 0.6 is 0 Å². The Labute approximate surface area is 150 Å². The normalized spacial score (nSPS) is 23.2. The standard InChI is InChI=1S/C20H31N3O2/c1-15-13-21-19(23(15)14-17-2-3-17)12-16-4-8-22(9-5-16)20(24)18-6-10-25-11-7-18/h13,16-18H,2-12,14H2,1H3. The fraction of sp³-hybridized carbons (Fsp3) is 0.800. The summed E-state index contributed by atoms with van der Waals surface area (Å²) in [5.41, 5.74) is 1.30. The number of ether oxygens (including phenoxy) is 1. The van der Waals surface area contributed by atoms with Crippen LogP contribution in [-0.2, 0) is 22.5 Å². The molecule has 0 aromatic carbocycles. The Morgan fingerprint density at radius 3 is 2.52 bits per heavy atom. The van der Waals surface area contributed by atoms with Crippen LogP contribution in [0.1, 0.15) is 50.0 Å². The number of amides is 1. The Balaban J connectivity index is 1.29. The number of nitrogens with zero attached hydrogens (tertiary/aromatic N) is 3. The van der Waals surface area contributed by atoms with E-state index in [0.29, 0.717) is 11.8 Å². The summed E-state index contributed by atoms with van der Waals surface area (Å²) in [5, 5.41) is 0. The summed E-state index contributed by atoms with van der Waals surface area (Å²) >= 11 is 0. The van der Waals surface area contributed by atoms with Gasteiger partial charge in [-0.15, -0.1) is 0 Å². The summed E-state index contributed by atoms with van der Waals surface area (Å²) < 4.78 is 7.83. The highest BCUT2D eigenvalue weighted by atomic mass is 16.5. The molecule has 4 rings (SSSR count). The molecule has 1 saturated carbocycles. The summed E-state index contributed by atoms with van der Waals surface area (Å²) in [7, 11) is 0. The molecule has 3 heterocycles. The van der Waals surface area contributed by atoms with Gasteiger partial charge in [0.1, 0.15) is 5.82 Å². The third-order valence-electron chi connectivity index (χ3n) is 6.24. The molecule has 1 aliphatic carbocycles. The fourth-order valence-corrected chi connectivity index (χ4v) is 4.30. The first-order valence-corrected chi connectivity index (χ1v) is 10.1. The van der Waals surface area contributed by atoms with E-state index in [-0.39, 0.29) is 5.92 Å². The van der Waals surface area contributed by atoms with Gasteiger partial charge < -0.3 is 14.2 Å². The van der Waals surface area contributed by atoms with Crippen molar-refractivity contribution in [1.82, 2.24) is 14.5 Å². The smallest absolute Gasteiger partial charge is 0.225 e. The summed E-state index contributed by atoms with van der Waals surface area (Å²) in [6.07, 6.45) is 9.89. The first-order valence-electron chi connectivity index (χ1n) is 10.1. The largest absolute Gasteiger partial charge is 0.381 e. The van der Waals surface area contributed by atoms with E-state index in [1.54, 1.807) is 0 Å². The topological polar surface area (TPSA) is 47.4 Å². The van der Waals surface area contributed by atoms with Crippen LogP contribution in [0.5, 0.6) is 0 Å². The SMILES string of the molecule is Cc1cnc(CC2CCN(C(=O)C3CCOCC3)CC2)n1CC1CC1. The lowest BCUT2D eigenvalue weighted by atomic mass is 9.91.